The van der Waals surface area contributed by atoms with Crippen LogP contribution in [0.2, 0.25) is 0 Å². The highest BCUT2D eigenvalue weighted by Gasteiger charge is 2.50. The number of carbonyl (C=O) groups is 2. The van der Waals surface area contributed by atoms with Crippen molar-refractivity contribution in [1.29, 1.82) is 0 Å². The van der Waals surface area contributed by atoms with Gasteiger partial charge in [0, 0.05) is 10.8 Å². The fraction of sp³-hybridized carbons (Fsp3) is 0.167. The molecule has 4 nitrogen and oxygen atoms in total. The van der Waals surface area contributed by atoms with E-state index in [1.165, 1.54) is 0 Å². The summed E-state index contributed by atoms with van der Waals surface area (Å²) < 4.78 is 12.2. The Bertz CT molecular complexity index is 1800. The molecule has 6 aromatic rings. The Kier molecular flexibility index (Phi) is 5.96. The third-order valence-corrected chi connectivity index (χ3v) is 8.31. The average molecular weight is 525 g/mol. The van der Waals surface area contributed by atoms with Crippen LogP contribution in [0.15, 0.2) is 109 Å². The van der Waals surface area contributed by atoms with Crippen LogP contribution in [0.4, 0.5) is 0 Å². The number of fused-ring (bicyclic) bond motifs is 4. The monoisotopic (exact) mass is 524 g/mol. The van der Waals surface area contributed by atoms with Crippen molar-refractivity contribution < 1.29 is 19.1 Å². The summed E-state index contributed by atoms with van der Waals surface area (Å²) >= 11 is 0. The summed E-state index contributed by atoms with van der Waals surface area (Å²) in [7, 11) is 0. The van der Waals surface area contributed by atoms with E-state index < -0.39 is 17.4 Å². The second-order valence-corrected chi connectivity index (χ2v) is 10.8. The van der Waals surface area contributed by atoms with E-state index in [1.807, 2.05) is 72.8 Å². The molecule has 4 heteroatoms. The van der Waals surface area contributed by atoms with Gasteiger partial charge in [0.15, 0.2) is 5.41 Å². The SMILES string of the molecule is O=C(Oc1cccc2cc3ccccc3cc12)C1(C(=O)Oc2cccc3cc4ccccc4cc23)CCCCC1. The van der Waals surface area contributed by atoms with Crippen molar-refractivity contribution in [3.8, 4) is 11.5 Å². The van der Waals surface area contributed by atoms with Gasteiger partial charge in [0.05, 0.1) is 0 Å². The predicted molar refractivity (Wildman–Crippen MR) is 160 cm³/mol. The van der Waals surface area contributed by atoms with Crippen molar-refractivity contribution in [1.82, 2.24) is 0 Å². The van der Waals surface area contributed by atoms with Crippen LogP contribution in [0.3, 0.4) is 0 Å². The lowest BCUT2D eigenvalue weighted by Crippen LogP contribution is -2.46. The highest BCUT2D eigenvalue weighted by atomic mass is 16.6. The van der Waals surface area contributed by atoms with Crippen LogP contribution < -0.4 is 9.47 Å². The van der Waals surface area contributed by atoms with Crippen LogP contribution in [0.5, 0.6) is 11.5 Å². The van der Waals surface area contributed by atoms with E-state index in [4.69, 9.17) is 9.47 Å². The predicted octanol–water partition coefficient (Wildman–Crippen LogP) is 8.76. The summed E-state index contributed by atoms with van der Waals surface area (Å²) in [6.07, 6.45) is 3.33. The Labute approximate surface area is 232 Å². The van der Waals surface area contributed by atoms with Gasteiger partial charge in [-0.05, 0) is 81.6 Å². The summed E-state index contributed by atoms with van der Waals surface area (Å²) in [6.45, 7) is 0. The molecule has 1 aliphatic carbocycles. The van der Waals surface area contributed by atoms with Gasteiger partial charge < -0.3 is 9.47 Å². The quantitative estimate of drug-likeness (QED) is 0.100. The maximum absolute atomic E-state index is 13.9. The van der Waals surface area contributed by atoms with Crippen molar-refractivity contribution in [2.75, 3.05) is 0 Å². The minimum absolute atomic E-state index is 0.409. The van der Waals surface area contributed by atoms with Crippen molar-refractivity contribution in [2.24, 2.45) is 5.41 Å². The van der Waals surface area contributed by atoms with Gasteiger partial charge in [-0.1, -0.05) is 92.1 Å². The fourth-order valence-electron chi connectivity index (χ4n) is 6.10. The molecule has 1 saturated carbocycles. The van der Waals surface area contributed by atoms with Crippen LogP contribution in [0, 0.1) is 5.41 Å². The zero-order valence-corrected chi connectivity index (χ0v) is 22.1. The van der Waals surface area contributed by atoms with E-state index in [2.05, 4.69) is 24.3 Å². The normalized spacial score (nSPS) is 14.9. The molecule has 0 radical (unpaired) electrons. The highest BCUT2D eigenvalue weighted by molar-refractivity contribution is 6.06. The molecule has 0 bridgehead atoms. The molecule has 0 unspecified atom stereocenters. The van der Waals surface area contributed by atoms with E-state index in [0.717, 1.165) is 62.4 Å². The zero-order chi connectivity index (χ0) is 27.1. The minimum Gasteiger partial charge on any atom is -0.425 e. The second kappa shape index (κ2) is 9.80. The molecular weight excluding hydrogens is 496 g/mol. The number of carbonyl (C=O) groups excluding carboxylic acids is 2. The molecule has 0 amide bonds. The van der Waals surface area contributed by atoms with Crippen molar-refractivity contribution in [3.63, 3.8) is 0 Å². The Morgan fingerprint density at radius 2 is 0.875 bits per heavy atom. The summed E-state index contributed by atoms with van der Waals surface area (Å²) in [5.41, 5.74) is -1.35. The first-order valence-electron chi connectivity index (χ1n) is 13.9. The van der Waals surface area contributed by atoms with Gasteiger partial charge >= 0.3 is 11.9 Å². The molecular formula is C36H28O4. The van der Waals surface area contributed by atoms with Gasteiger partial charge in [-0.25, -0.2) is 0 Å². The molecule has 40 heavy (non-hydrogen) atoms. The molecule has 6 aromatic carbocycles. The molecule has 0 saturated heterocycles. The molecule has 0 N–H and O–H groups in total. The highest BCUT2D eigenvalue weighted by Crippen LogP contribution is 2.41. The van der Waals surface area contributed by atoms with Crippen LogP contribution in [-0.2, 0) is 9.59 Å². The van der Waals surface area contributed by atoms with Gasteiger partial charge in [-0.3, -0.25) is 9.59 Å². The van der Waals surface area contributed by atoms with Crippen molar-refractivity contribution >= 4 is 55.0 Å². The van der Waals surface area contributed by atoms with Crippen LogP contribution >= 0.6 is 0 Å². The van der Waals surface area contributed by atoms with Crippen LogP contribution in [-0.4, -0.2) is 11.9 Å². The average Bonchev–Trinajstić information content (AvgIpc) is 3.00. The summed E-state index contributed by atoms with van der Waals surface area (Å²) in [6, 6.07) is 35.9. The lowest BCUT2D eigenvalue weighted by Gasteiger charge is -2.32. The molecule has 0 atom stereocenters. The number of ether oxygens (including phenoxy) is 2. The van der Waals surface area contributed by atoms with Crippen LogP contribution in [0.25, 0.3) is 43.1 Å². The van der Waals surface area contributed by atoms with Crippen LogP contribution in [0.1, 0.15) is 32.1 Å². The molecule has 196 valence electrons. The van der Waals surface area contributed by atoms with Gasteiger partial charge in [0.25, 0.3) is 0 Å². The lowest BCUT2D eigenvalue weighted by atomic mass is 9.74. The first-order valence-corrected chi connectivity index (χ1v) is 13.9. The van der Waals surface area contributed by atoms with E-state index in [9.17, 15) is 9.59 Å². The molecule has 0 heterocycles. The number of hydrogen-bond acceptors (Lipinski definition) is 4. The first-order chi connectivity index (χ1) is 19.6. The van der Waals surface area contributed by atoms with Gasteiger partial charge in [0.1, 0.15) is 11.5 Å². The molecule has 0 aromatic heterocycles. The molecule has 0 spiro atoms. The standard InChI is InChI=1S/C36H28O4/c37-34(39-32-16-8-14-28-20-24-10-2-4-12-26(24)22-30(28)32)36(18-6-1-7-19-36)35(38)40-33-17-9-15-29-21-25-11-3-5-13-27(25)23-31(29)33/h2-5,8-17,20-23H,1,6-7,18-19H2. The Morgan fingerprint density at radius 1 is 0.475 bits per heavy atom. The Balaban J connectivity index is 1.24. The maximum atomic E-state index is 13.9. The number of hydrogen-bond donors (Lipinski definition) is 0. The van der Waals surface area contributed by atoms with Gasteiger partial charge in [0.2, 0.25) is 0 Å². The van der Waals surface area contributed by atoms with E-state index in [-0.39, 0.29) is 0 Å². The summed E-state index contributed by atoms with van der Waals surface area (Å²) in [5.74, 6) is -0.155. The minimum atomic E-state index is -1.35. The lowest BCUT2D eigenvalue weighted by molar-refractivity contribution is -0.163. The van der Waals surface area contributed by atoms with Crippen molar-refractivity contribution in [3.05, 3.63) is 109 Å². The Hall–Kier alpha value is -4.70. The second-order valence-electron chi connectivity index (χ2n) is 10.8. The maximum Gasteiger partial charge on any atom is 0.328 e. The third-order valence-electron chi connectivity index (χ3n) is 8.31. The third kappa shape index (κ3) is 4.17. The number of esters is 2. The zero-order valence-electron chi connectivity index (χ0n) is 22.1. The van der Waals surface area contributed by atoms with Crippen molar-refractivity contribution in [2.45, 2.75) is 32.1 Å². The van der Waals surface area contributed by atoms with E-state index >= 15 is 0 Å². The molecule has 0 aliphatic heterocycles. The van der Waals surface area contributed by atoms with Gasteiger partial charge in [-0.15, -0.1) is 0 Å². The smallest absolute Gasteiger partial charge is 0.328 e. The molecule has 7 rings (SSSR count). The summed E-state index contributed by atoms with van der Waals surface area (Å²) in [5, 5.41) is 8.01. The largest absolute Gasteiger partial charge is 0.425 e. The fourth-order valence-corrected chi connectivity index (χ4v) is 6.10. The van der Waals surface area contributed by atoms with Gasteiger partial charge in [-0.2, -0.15) is 0 Å². The molecule has 1 aliphatic rings. The Morgan fingerprint density at radius 3 is 1.32 bits per heavy atom. The topological polar surface area (TPSA) is 52.6 Å². The first kappa shape index (κ1) is 24.3. The van der Waals surface area contributed by atoms with E-state index in [1.54, 1.807) is 12.1 Å². The number of benzene rings is 6. The summed E-state index contributed by atoms with van der Waals surface area (Å²) in [4.78, 5) is 27.9. The molecule has 1 fully saturated rings. The number of rotatable bonds is 4. The van der Waals surface area contributed by atoms with E-state index in [0.29, 0.717) is 24.3 Å².